The van der Waals surface area contributed by atoms with E-state index in [0.717, 1.165) is 41.4 Å². The molecule has 2 aliphatic rings. The highest BCUT2D eigenvalue weighted by Crippen LogP contribution is 2.40. The lowest BCUT2D eigenvalue weighted by Crippen LogP contribution is -2.44. The standard InChI is InChI=1S/C28H27N3O5/c1-19-7-9-24(36-19)26-22(16-31(30-26)21-5-3-2-4-6-21)27(32)29-17-28(11-13-33-14-12-28)20-8-10-23-25(15-20)35-18-34-23/h2-10,15-16H,11-14,17-18H2,1H3,(H,29,32). The second-order valence-electron chi connectivity index (χ2n) is 9.23. The predicted molar refractivity (Wildman–Crippen MR) is 133 cm³/mol. The van der Waals surface area contributed by atoms with Crippen LogP contribution in [0.2, 0.25) is 0 Å². The number of hydrogen-bond donors (Lipinski definition) is 1. The number of aryl methyl sites for hydroxylation is 1. The van der Waals surface area contributed by atoms with Crippen LogP contribution in [0.1, 0.15) is 34.5 Å². The van der Waals surface area contributed by atoms with E-state index < -0.39 is 0 Å². The fourth-order valence-electron chi connectivity index (χ4n) is 4.90. The lowest BCUT2D eigenvalue weighted by atomic mass is 9.74. The van der Waals surface area contributed by atoms with Crippen molar-refractivity contribution in [2.24, 2.45) is 0 Å². The minimum absolute atomic E-state index is 0.201. The van der Waals surface area contributed by atoms with E-state index >= 15 is 0 Å². The average Bonchev–Trinajstić information content (AvgIpc) is 3.67. The van der Waals surface area contributed by atoms with Gasteiger partial charge < -0.3 is 23.9 Å². The number of carbonyl (C=O) groups is 1. The quantitative estimate of drug-likeness (QED) is 0.428. The molecule has 184 valence electrons. The number of ether oxygens (including phenoxy) is 3. The number of aromatic nitrogens is 2. The fourth-order valence-corrected chi connectivity index (χ4v) is 4.90. The van der Waals surface area contributed by atoms with Gasteiger partial charge in [0.15, 0.2) is 17.3 Å². The predicted octanol–water partition coefficient (Wildman–Crippen LogP) is 4.65. The second kappa shape index (κ2) is 9.20. The van der Waals surface area contributed by atoms with Crippen LogP contribution in [-0.4, -0.2) is 42.2 Å². The van der Waals surface area contributed by atoms with Gasteiger partial charge in [0.25, 0.3) is 5.91 Å². The zero-order valence-electron chi connectivity index (χ0n) is 20.0. The summed E-state index contributed by atoms with van der Waals surface area (Å²) < 4.78 is 24.3. The topological polar surface area (TPSA) is 87.8 Å². The molecule has 4 heterocycles. The maximum absolute atomic E-state index is 13.6. The second-order valence-corrected chi connectivity index (χ2v) is 9.23. The third-order valence-electron chi connectivity index (χ3n) is 6.98. The number of hydrogen-bond acceptors (Lipinski definition) is 6. The van der Waals surface area contributed by atoms with E-state index in [-0.39, 0.29) is 18.1 Å². The number of fused-ring (bicyclic) bond motifs is 1. The highest BCUT2D eigenvalue weighted by Gasteiger charge is 2.36. The Morgan fingerprint density at radius 2 is 1.83 bits per heavy atom. The average molecular weight is 486 g/mol. The van der Waals surface area contributed by atoms with Gasteiger partial charge in [-0.25, -0.2) is 4.68 Å². The van der Waals surface area contributed by atoms with E-state index in [2.05, 4.69) is 11.4 Å². The molecule has 1 fully saturated rings. The van der Waals surface area contributed by atoms with Crippen molar-refractivity contribution in [3.63, 3.8) is 0 Å². The monoisotopic (exact) mass is 485 g/mol. The summed E-state index contributed by atoms with van der Waals surface area (Å²) in [6.07, 6.45) is 3.34. The smallest absolute Gasteiger partial charge is 0.255 e. The minimum Gasteiger partial charge on any atom is -0.460 e. The van der Waals surface area contributed by atoms with E-state index in [1.54, 1.807) is 10.9 Å². The molecule has 4 aromatic rings. The summed E-state index contributed by atoms with van der Waals surface area (Å²) in [6.45, 7) is 3.83. The first-order valence-electron chi connectivity index (χ1n) is 12.1. The Morgan fingerprint density at radius 3 is 2.61 bits per heavy atom. The van der Waals surface area contributed by atoms with Gasteiger partial charge in [0.2, 0.25) is 6.79 Å². The van der Waals surface area contributed by atoms with Crippen molar-refractivity contribution >= 4 is 5.91 Å². The van der Waals surface area contributed by atoms with Gasteiger partial charge in [-0.3, -0.25) is 4.79 Å². The first-order chi connectivity index (χ1) is 17.6. The molecule has 0 unspecified atom stereocenters. The van der Waals surface area contributed by atoms with Gasteiger partial charge in [-0.1, -0.05) is 24.3 Å². The maximum Gasteiger partial charge on any atom is 0.255 e. The number of carbonyl (C=O) groups excluding carboxylic acids is 1. The van der Waals surface area contributed by atoms with E-state index in [1.807, 2.05) is 61.5 Å². The molecule has 0 saturated carbocycles. The third-order valence-corrected chi connectivity index (χ3v) is 6.98. The van der Waals surface area contributed by atoms with Crippen molar-refractivity contribution in [2.45, 2.75) is 25.2 Å². The summed E-state index contributed by atoms with van der Waals surface area (Å²) in [5, 5.41) is 7.90. The van der Waals surface area contributed by atoms with Crippen LogP contribution in [0, 0.1) is 6.92 Å². The number of rotatable bonds is 6. The Labute approximate surface area is 208 Å². The Morgan fingerprint density at radius 1 is 1.03 bits per heavy atom. The van der Waals surface area contributed by atoms with Gasteiger partial charge in [-0.05, 0) is 61.7 Å². The molecule has 1 saturated heterocycles. The number of nitrogens with zero attached hydrogens (tertiary/aromatic N) is 2. The van der Waals surface area contributed by atoms with Crippen molar-refractivity contribution < 1.29 is 23.4 Å². The molecule has 2 aromatic carbocycles. The van der Waals surface area contributed by atoms with Gasteiger partial charge >= 0.3 is 0 Å². The Hall–Kier alpha value is -4.04. The summed E-state index contributed by atoms with van der Waals surface area (Å²) in [6, 6.07) is 19.5. The lowest BCUT2D eigenvalue weighted by Gasteiger charge is -2.38. The number of benzene rings is 2. The first kappa shape index (κ1) is 22.4. The number of furan rings is 1. The van der Waals surface area contributed by atoms with Crippen molar-refractivity contribution in [3.8, 4) is 28.6 Å². The minimum atomic E-state index is -0.272. The molecule has 0 radical (unpaired) electrons. The van der Waals surface area contributed by atoms with E-state index in [9.17, 15) is 4.79 Å². The molecule has 2 aliphatic heterocycles. The summed E-state index contributed by atoms with van der Waals surface area (Å²) in [5.74, 6) is 2.60. The number of nitrogens with one attached hydrogen (secondary N) is 1. The molecular formula is C28H27N3O5. The van der Waals surface area contributed by atoms with Crippen molar-refractivity contribution in [2.75, 3.05) is 26.6 Å². The summed E-state index contributed by atoms with van der Waals surface area (Å²) in [4.78, 5) is 13.6. The molecule has 6 rings (SSSR count). The van der Waals surface area contributed by atoms with Gasteiger partial charge in [-0.15, -0.1) is 0 Å². The molecule has 36 heavy (non-hydrogen) atoms. The van der Waals surface area contributed by atoms with Crippen LogP contribution < -0.4 is 14.8 Å². The highest BCUT2D eigenvalue weighted by atomic mass is 16.7. The Kier molecular flexibility index (Phi) is 5.73. The van der Waals surface area contributed by atoms with Gasteiger partial charge in [0, 0.05) is 31.4 Å². The van der Waals surface area contributed by atoms with Crippen LogP contribution in [-0.2, 0) is 10.2 Å². The SMILES string of the molecule is Cc1ccc(-c2nn(-c3ccccc3)cc2C(=O)NCC2(c3ccc4c(c3)OCO4)CCOCC2)o1. The molecule has 0 bridgehead atoms. The van der Waals surface area contributed by atoms with E-state index in [4.69, 9.17) is 23.7 Å². The van der Waals surface area contributed by atoms with E-state index in [1.165, 1.54) is 0 Å². The third kappa shape index (κ3) is 4.13. The maximum atomic E-state index is 13.6. The van der Waals surface area contributed by atoms with Crippen LogP contribution in [0.4, 0.5) is 0 Å². The van der Waals surface area contributed by atoms with E-state index in [0.29, 0.717) is 36.8 Å². The molecule has 8 heteroatoms. The van der Waals surface area contributed by atoms with Crippen molar-refractivity contribution in [1.82, 2.24) is 15.1 Å². The molecule has 1 N–H and O–H groups in total. The molecule has 0 atom stereocenters. The van der Waals surface area contributed by atoms with Crippen molar-refractivity contribution in [3.05, 3.63) is 83.7 Å². The van der Waals surface area contributed by atoms with Crippen LogP contribution in [0.3, 0.4) is 0 Å². The van der Waals surface area contributed by atoms with Crippen LogP contribution in [0.15, 0.2) is 71.3 Å². The summed E-state index contributed by atoms with van der Waals surface area (Å²) in [5.41, 5.74) is 2.67. The van der Waals surface area contributed by atoms with Gasteiger partial charge in [0.1, 0.15) is 11.5 Å². The molecule has 0 aliphatic carbocycles. The van der Waals surface area contributed by atoms with Crippen LogP contribution in [0.25, 0.3) is 17.1 Å². The molecule has 8 nitrogen and oxygen atoms in total. The Bertz CT molecular complexity index is 1390. The molecular weight excluding hydrogens is 458 g/mol. The van der Waals surface area contributed by atoms with Crippen LogP contribution >= 0.6 is 0 Å². The fraction of sp³-hybridized carbons (Fsp3) is 0.286. The summed E-state index contributed by atoms with van der Waals surface area (Å²) in [7, 11) is 0. The summed E-state index contributed by atoms with van der Waals surface area (Å²) >= 11 is 0. The molecule has 1 amide bonds. The number of para-hydroxylation sites is 1. The zero-order valence-corrected chi connectivity index (χ0v) is 20.0. The van der Waals surface area contributed by atoms with Crippen molar-refractivity contribution in [1.29, 1.82) is 0 Å². The first-order valence-corrected chi connectivity index (χ1v) is 12.1. The Balaban J connectivity index is 1.31. The normalized spacial score (nSPS) is 16.1. The van der Waals surface area contributed by atoms with Gasteiger partial charge in [0.05, 0.1) is 11.3 Å². The van der Waals surface area contributed by atoms with Crippen LogP contribution in [0.5, 0.6) is 11.5 Å². The number of amides is 1. The molecule has 0 spiro atoms. The van der Waals surface area contributed by atoms with Gasteiger partial charge in [-0.2, -0.15) is 5.10 Å². The highest BCUT2D eigenvalue weighted by molar-refractivity contribution is 5.99. The zero-order chi connectivity index (χ0) is 24.5. The largest absolute Gasteiger partial charge is 0.460 e. The molecule has 2 aromatic heterocycles. The lowest BCUT2D eigenvalue weighted by molar-refractivity contribution is 0.0486.